The second kappa shape index (κ2) is 4.37. The molecule has 0 aromatic carbocycles. The molecule has 0 amide bonds. The van der Waals surface area contributed by atoms with Crippen molar-refractivity contribution in [2.45, 2.75) is 13.3 Å². The molecule has 0 aliphatic heterocycles. The van der Waals surface area contributed by atoms with Gasteiger partial charge in [0.2, 0.25) is 0 Å². The summed E-state index contributed by atoms with van der Waals surface area (Å²) in [5.41, 5.74) is 0. The van der Waals surface area contributed by atoms with E-state index >= 15 is 0 Å². The number of carbonyl (C=O) groups is 1. The summed E-state index contributed by atoms with van der Waals surface area (Å²) in [6, 6.07) is 0. The fraction of sp³-hybridized carbons (Fsp3) is 0.500. The zero-order chi connectivity index (χ0) is 6.41. The zero-order valence-electron chi connectivity index (χ0n) is 5.18. The Morgan fingerprint density at radius 3 is 2.75 bits per heavy atom. The van der Waals surface area contributed by atoms with Crippen LogP contribution in [0, 0.1) is 0 Å². The van der Waals surface area contributed by atoms with Crippen LogP contribution in [0.5, 0.6) is 0 Å². The van der Waals surface area contributed by atoms with E-state index in [1.807, 2.05) is 6.92 Å². The second-order valence-electron chi connectivity index (χ2n) is 1.36. The van der Waals surface area contributed by atoms with Crippen LogP contribution >= 0.6 is 0 Å². The number of hydrogen-bond acceptors (Lipinski definition) is 2. The van der Waals surface area contributed by atoms with Gasteiger partial charge in [-0.15, -0.1) is 0 Å². The molecule has 0 aromatic rings. The van der Waals surface area contributed by atoms with Crippen LogP contribution < -0.4 is 0 Å². The predicted octanol–water partition coefficient (Wildman–Crippen LogP) is 1.13. The summed E-state index contributed by atoms with van der Waals surface area (Å²) in [6.07, 6.45) is 3.34. The fourth-order valence-electron chi connectivity index (χ4n) is 0.262. The minimum atomic E-state index is 0.0897. The molecule has 0 rings (SSSR count). The number of hydrogen-bond donors (Lipinski definition) is 0. The maximum absolute atomic E-state index is 10.4. The molecule has 8 heavy (non-hydrogen) atoms. The summed E-state index contributed by atoms with van der Waals surface area (Å²) in [7, 11) is 1.51. The van der Waals surface area contributed by atoms with Crippen LogP contribution in [-0.4, -0.2) is 12.9 Å². The summed E-state index contributed by atoms with van der Waals surface area (Å²) < 4.78 is 4.51. The topological polar surface area (TPSA) is 26.3 Å². The van der Waals surface area contributed by atoms with Gasteiger partial charge in [0, 0.05) is 12.5 Å². The standard InChI is InChI=1S/C6H10O2/c1-3-6(7)4-5-8-2/h4-5H,3H2,1-2H3/b5-4+. The van der Waals surface area contributed by atoms with Gasteiger partial charge in [0.25, 0.3) is 0 Å². The molecule has 0 aromatic heterocycles. The van der Waals surface area contributed by atoms with Crippen LogP contribution in [0.1, 0.15) is 13.3 Å². The van der Waals surface area contributed by atoms with E-state index in [0.29, 0.717) is 6.42 Å². The van der Waals surface area contributed by atoms with Gasteiger partial charge in [-0.25, -0.2) is 0 Å². The van der Waals surface area contributed by atoms with E-state index < -0.39 is 0 Å². The van der Waals surface area contributed by atoms with Crippen molar-refractivity contribution in [3.63, 3.8) is 0 Å². The Kier molecular flexibility index (Phi) is 3.94. The molecular weight excluding hydrogens is 104 g/mol. The van der Waals surface area contributed by atoms with Crippen molar-refractivity contribution in [3.05, 3.63) is 12.3 Å². The first kappa shape index (κ1) is 7.21. The van der Waals surface area contributed by atoms with Gasteiger partial charge in [0.1, 0.15) is 0 Å². The van der Waals surface area contributed by atoms with Crippen LogP contribution in [0.25, 0.3) is 0 Å². The third kappa shape index (κ3) is 3.40. The Hall–Kier alpha value is -0.790. The summed E-state index contributed by atoms with van der Waals surface area (Å²) in [6.45, 7) is 1.81. The van der Waals surface area contributed by atoms with Gasteiger partial charge in [-0.2, -0.15) is 0 Å². The molecule has 0 heterocycles. The van der Waals surface area contributed by atoms with E-state index in [1.54, 1.807) is 0 Å². The lowest BCUT2D eigenvalue weighted by Gasteiger charge is -1.84. The molecule has 0 spiro atoms. The van der Waals surface area contributed by atoms with Crippen molar-refractivity contribution in [2.24, 2.45) is 0 Å². The van der Waals surface area contributed by atoms with Crippen molar-refractivity contribution in [2.75, 3.05) is 7.11 Å². The van der Waals surface area contributed by atoms with Crippen molar-refractivity contribution in [3.8, 4) is 0 Å². The highest BCUT2D eigenvalue weighted by atomic mass is 16.5. The molecular formula is C6H10O2. The highest BCUT2D eigenvalue weighted by Gasteiger charge is 1.85. The molecule has 0 radical (unpaired) electrons. The number of carbonyl (C=O) groups excluding carboxylic acids is 1. The minimum Gasteiger partial charge on any atom is -0.504 e. The average molecular weight is 114 g/mol. The van der Waals surface area contributed by atoms with Gasteiger partial charge in [-0.1, -0.05) is 6.92 Å². The number of allylic oxidation sites excluding steroid dienone is 1. The molecule has 0 fully saturated rings. The smallest absolute Gasteiger partial charge is 0.158 e. The number of methoxy groups -OCH3 is 1. The average Bonchev–Trinajstić information content (AvgIpc) is 1.83. The molecule has 0 saturated carbocycles. The van der Waals surface area contributed by atoms with Crippen LogP contribution in [0.15, 0.2) is 12.3 Å². The minimum absolute atomic E-state index is 0.0897. The monoisotopic (exact) mass is 114 g/mol. The maximum atomic E-state index is 10.4. The van der Waals surface area contributed by atoms with Gasteiger partial charge in [0.05, 0.1) is 13.4 Å². The van der Waals surface area contributed by atoms with Crippen molar-refractivity contribution in [1.29, 1.82) is 0 Å². The predicted molar refractivity (Wildman–Crippen MR) is 31.4 cm³/mol. The third-order valence-corrected chi connectivity index (χ3v) is 0.738. The molecule has 2 heteroatoms. The number of ether oxygens (including phenoxy) is 1. The van der Waals surface area contributed by atoms with E-state index in [1.165, 1.54) is 19.4 Å². The number of rotatable bonds is 3. The molecule has 0 aliphatic carbocycles. The van der Waals surface area contributed by atoms with Crippen LogP contribution in [0.4, 0.5) is 0 Å². The Labute approximate surface area is 49.1 Å². The highest BCUT2D eigenvalue weighted by molar-refractivity contribution is 5.88. The van der Waals surface area contributed by atoms with Gasteiger partial charge < -0.3 is 4.74 Å². The van der Waals surface area contributed by atoms with Crippen LogP contribution in [0.2, 0.25) is 0 Å². The molecule has 0 unspecified atom stereocenters. The Morgan fingerprint density at radius 1 is 1.75 bits per heavy atom. The van der Waals surface area contributed by atoms with Crippen molar-refractivity contribution < 1.29 is 9.53 Å². The molecule has 0 bridgehead atoms. The zero-order valence-corrected chi connectivity index (χ0v) is 5.18. The maximum Gasteiger partial charge on any atom is 0.158 e. The Bertz CT molecular complexity index is 94.7. The summed E-state index contributed by atoms with van der Waals surface area (Å²) >= 11 is 0. The molecule has 2 nitrogen and oxygen atoms in total. The largest absolute Gasteiger partial charge is 0.504 e. The molecule has 0 atom stereocenters. The van der Waals surface area contributed by atoms with E-state index in [0.717, 1.165) is 0 Å². The molecule has 0 saturated heterocycles. The fourth-order valence-corrected chi connectivity index (χ4v) is 0.262. The first-order chi connectivity index (χ1) is 3.81. The lowest BCUT2D eigenvalue weighted by atomic mass is 10.3. The first-order valence-corrected chi connectivity index (χ1v) is 2.53. The SMILES string of the molecule is CCC(=O)/C=C/OC. The van der Waals surface area contributed by atoms with E-state index in [9.17, 15) is 4.79 Å². The summed E-state index contributed by atoms with van der Waals surface area (Å²) in [4.78, 5) is 10.4. The first-order valence-electron chi connectivity index (χ1n) is 2.53. The van der Waals surface area contributed by atoms with Crippen molar-refractivity contribution >= 4 is 5.78 Å². The van der Waals surface area contributed by atoms with Crippen LogP contribution in [-0.2, 0) is 9.53 Å². The summed E-state index contributed by atoms with van der Waals surface area (Å²) in [5, 5.41) is 0. The highest BCUT2D eigenvalue weighted by Crippen LogP contribution is 1.81. The Balaban J connectivity index is 3.37. The van der Waals surface area contributed by atoms with Crippen molar-refractivity contribution in [1.82, 2.24) is 0 Å². The normalized spacial score (nSPS) is 9.75. The van der Waals surface area contributed by atoms with Crippen LogP contribution in [0.3, 0.4) is 0 Å². The quantitative estimate of drug-likeness (QED) is 0.406. The lowest BCUT2D eigenvalue weighted by molar-refractivity contribution is -0.114. The molecule has 46 valence electrons. The second-order valence-corrected chi connectivity index (χ2v) is 1.36. The summed E-state index contributed by atoms with van der Waals surface area (Å²) in [5.74, 6) is 0.0897. The Morgan fingerprint density at radius 2 is 2.38 bits per heavy atom. The van der Waals surface area contributed by atoms with E-state index in [2.05, 4.69) is 4.74 Å². The van der Waals surface area contributed by atoms with Gasteiger partial charge in [-0.3, -0.25) is 4.79 Å². The van der Waals surface area contributed by atoms with E-state index in [4.69, 9.17) is 0 Å². The molecule has 0 aliphatic rings. The van der Waals surface area contributed by atoms with E-state index in [-0.39, 0.29) is 5.78 Å². The lowest BCUT2D eigenvalue weighted by Crippen LogP contribution is -1.86. The van der Waals surface area contributed by atoms with Gasteiger partial charge in [0.15, 0.2) is 5.78 Å². The molecule has 0 N–H and O–H groups in total. The van der Waals surface area contributed by atoms with Gasteiger partial charge >= 0.3 is 0 Å². The third-order valence-electron chi connectivity index (χ3n) is 0.738. The van der Waals surface area contributed by atoms with Gasteiger partial charge in [-0.05, 0) is 0 Å². The number of ketones is 1.